The number of nitrogens with one attached hydrogen (secondary N) is 1. The molecule has 0 aliphatic carbocycles. The van der Waals surface area contributed by atoms with E-state index in [1.54, 1.807) is 24.3 Å². The fraction of sp³-hybridized carbons (Fsp3) is 0.423. The van der Waals surface area contributed by atoms with E-state index in [1.165, 1.54) is 5.56 Å². The second-order valence-electron chi connectivity index (χ2n) is 9.67. The highest BCUT2D eigenvalue weighted by Gasteiger charge is 2.43. The van der Waals surface area contributed by atoms with Crippen LogP contribution in [0.2, 0.25) is 0 Å². The maximum Gasteiger partial charge on any atom is 0.229 e. The van der Waals surface area contributed by atoms with Gasteiger partial charge in [-0.25, -0.2) is 0 Å². The molecule has 4 heterocycles. The lowest BCUT2D eigenvalue weighted by atomic mass is 9.75. The van der Waals surface area contributed by atoms with Crippen molar-refractivity contribution >= 4 is 11.6 Å². The molecule has 1 amide bonds. The Morgan fingerprint density at radius 3 is 2.79 bits per heavy atom. The Morgan fingerprint density at radius 2 is 2.03 bits per heavy atom. The smallest absolute Gasteiger partial charge is 0.229 e. The van der Waals surface area contributed by atoms with Crippen molar-refractivity contribution < 1.29 is 9.90 Å². The summed E-state index contributed by atoms with van der Waals surface area (Å²) >= 11 is 0. The fourth-order valence-electron chi connectivity index (χ4n) is 5.39. The Bertz CT molecular complexity index is 1120. The zero-order chi connectivity index (χ0) is 23.5. The number of hydrogen-bond acceptors (Lipinski definition) is 6. The summed E-state index contributed by atoms with van der Waals surface area (Å²) in [5.74, 6) is 0.547. The number of carbonyl (C=O) groups excluding carboxylic acids is 1. The second-order valence-corrected chi connectivity index (χ2v) is 9.67. The SMILES string of the molecule is CN(Cc1ccccc1)Cc1cn(C[C@H]2C[C@H]3CCN2C[C@@H]3C(=O)Nc2cccc(O)c2)nn1. The van der Waals surface area contributed by atoms with E-state index in [4.69, 9.17) is 0 Å². The van der Waals surface area contributed by atoms with Crippen molar-refractivity contribution in [2.45, 2.75) is 38.5 Å². The van der Waals surface area contributed by atoms with Crippen molar-refractivity contribution in [1.82, 2.24) is 24.8 Å². The Labute approximate surface area is 200 Å². The summed E-state index contributed by atoms with van der Waals surface area (Å²) in [6, 6.07) is 17.5. The molecule has 34 heavy (non-hydrogen) atoms. The molecule has 2 aromatic carbocycles. The van der Waals surface area contributed by atoms with Crippen molar-refractivity contribution in [3.05, 3.63) is 72.1 Å². The van der Waals surface area contributed by atoms with E-state index >= 15 is 0 Å². The molecule has 2 bridgehead atoms. The van der Waals surface area contributed by atoms with E-state index in [-0.39, 0.29) is 17.6 Å². The molecule has 2 N–H and O–H groups in total. The summed E-state index contributed by atoms with van der Waals surface area (Å²) in [4.78, 5) is 17.6. The summed E-state index contributed by atoms with van der Waals surface area (Å²) in [7, 11) is 2.10. The highest BCUT2D eigenvalue weighted by atomic mass is 16.3. The first kappa shape index (κ1) is 22.6. The standard InChI is InChI=1S/C26H32N6O2/c1-30(14-19-6-3-2-4-7-19)15-22-16-32(29-28-22)17-23-12-20-10-11-31(23)18-25(20)26(34)27-21-8-5-9-24(33)13-21/h2-9,13,16,20,23,25,33H,10-12,14-15,17-18H2,1H3,(H,27,34)/t20-,23-,25+/m1/s1. The lowest BCUT2D eigenvalue weighted by molar-refractivity contribution is -0.127. The van der Waals surface area contributed by atoms with Crippen molar-refractivity contribution in [2.75, 3.05) is 25.5 Å². The summed E-state index contributed by atoms with van der Waals surface area (Å²) in [6.07, 6.45) is 4.08. The van der Waals surface area contributed by atoms with E-state index in [0.717, 1.165) is 51.3 Å². The molecule has 1 aromatic heterocycles. The molecule has 4 atom stereocenters. The molecule has 6 rings (SSSR count). The first-order chi connectivity index (χ1) is 16.5. The van der Waals surface area contributed by atoms with Gasteiger partial charge in [-0.2, -0.15) is 0 Å². The first-order valence-electron chi connectivity index (χ1n) is 12.0. The number of phenols is 1. The zero-order valence-corrected chi connectivity index (χ0v) is 19.5. The van der Waals surface area contributed by atoms with Crippen LogP contribution in [0.25, 0.3) is 0 Å². The number of anilines is 1. The molecule has 0 saturated carbocycles. The Hall–Kier alpha value is -3.23. The number of hydrogen-bond donors (Lipinski definition) is 2. The molecule has 8 nitrogen and oxygen atoms in total. The van der Waals surface area contributed by atoms with Crippen molar-refractivity contribution in [1.29, 1.82) is 0 Å². The molecule has 0 radical (unpaired) electrons. The van der Waals surface area contributed by atoms with Crippen molar-refractivity contribution in [2.24, 2.45) is 11.8 Å². The number of rotatable bonds is 8. The Morgan fingerprint density at radius 1 is 1.18 bits per heavy atom. The van der Waals surface area contributed by atoms with Gasteiger partial charge in [-0.3, -0.25) is 19.3 Å². The third-order valence-electron chi connectivity index (χ3n) is 7.04. The van der Waals surface area contributed by atoms with Gasteiger partial charge >= 0.3 is 0 Å². The number of benzene rings is 2. The average molecular weight is 461 g/mol. The maximum absolute atomic E-state index is 12.9. The fourth-order valence-corrected chi connectivity index (χ4v) is 5.39. The van der Waals surface area contributed by atoms with Crippen LogP contribution < -0.4 is 5.32 Å². The van der Waals surface area contributed by atoms with Gasteiger partial charge in [0.15, 0.2) is 0 Å². The molecule has 3 aliphatic heterocycles. The largest absolute Gasteiger partial charge is 0.508 e. The summed E-state index contributed by atoms with van der Waals surface area (Å²) in [5.41, 5.74) is 2.90. The summed E-state index contributed by atoms with van der Waals surface area (Å²) in [6.45, 7) is 4.21. The summed E-state index contributed by atoms with van der Waals surface area (Å²) < 4.78 is 1.96. The van der Waals surface area contributed by atoms with E-state index in [2.05, 4.69) is 62.9 Å². The molecular formula is C26H32N6O2. The molecule has 3 fully saturated rings. The third kappa shape index (κ3) is 5.29. The topological polar surface area (TPSA) is 86.5 Å². The van der Waals surface area contributed by atoms with E-state index in [9.17, 15) is 9.90 Å². The lowest BCUT2D eigenvalue weighted by Gasteiger charge is -2.49. The lowest BCUT2D eigenvalue weighted by Crippen LogP contribution is -2.57. The zero-order valence-electron chi connectivity index (χ0n) is 19.5. The van der Waals surface area contributed by atoms with E-state index in [0.29, 0.717) is 17.6 Å². The van der Waals surface area contributed by atoms with E-state index < -0.39 is 0 Å². The molecule has 0 spiro atoms. The minimum absolute atomic E-state index is 0.0229. The predicted molar refractivity (Wildman–Crippen MR) is 130 cm³/mol. The van der Waals surface area contributed by atoms with Gasteiger partial charge in [0, 0.05) is 43.6 Å². The van der Waals surface area contributed by atoms with Crippen LogP contribution in [-0.4, -0.2) is 62.0 Å². The molecule has 178 valence electrons. The molecule has 8 heteroatoms. The molecule has 1 unspecified atom stereocenters. The van der Waals surface area contributed by atoms with Crippen LogP contribution in [-0.2, 0) is 24.4 Å². The first-order valence-corrected chi connectivity index (χ1v) is 12.0. The van der Waals surface area contributed by atoms with Crippen LogP contribution in [0.4, 0.5) is 5.69 Å². The predicted octanol–water partition coefficient (Wildman–Crippen LogP) is 2.96. The van der Waals surface area contributed by atoms with Gasteiger partial charge in [0.05, 0.1) is 18.2 Å². The maximum atomic E-state index is 12.9. The van der Waals surface area contributed by atoms with Gasteiger partial charge in [-0.1, -0.05) is 41.6 Å². The number of aromatic hydroxyl groups is 1. The number of amides is 1. The number of nitrogens with zero attached hydrogens (tertiary/aromatic N) is 5. The van der Waals surface area contributed by atoms with Crippen LogP contribution in [0.15, 0.2) is 60.8 Å². The van der Waals surface area contributed by atoms with E-state index in [1.807, 2.05) is 10.7 Å². The van der Waals surface area contributed by atoms with Gasteiger partial charge < -0.3 is 10.4 Å². The van der Waals surface area contributed by atoms with Gasteiger partial charge in [-0.05, 0) is 50.0 Å². The van der Waals surface area contributed by atoms with Crippen LogP contribution in [0.3, 0.4) is 0 Å². The summed E-state index contributed by atoms with van der Waals surface area (Å²) in [5, 5.41) is 21.4. The molecule has 3 saturated heterocycles. The number of phenolic OH excluding ortho intramolecular Hbond substituents is 1. The number of carbonyl (C=O) groups is 1. The second kappa shape index (κ2) is 9.95. The third-order valence-corrected chi connectivity index (χ3v) is 7.04. The van der Waals surface area contributed by atoms with Gasteiger partial charge in [0.25, 0.3) is 0 Å². The average Bonchev–Trinajstić information content (AvgIpc) is 3.26. The van der Waals surface area contributed by atoms with Crippen molar-refractivity contribution in [3.63, 3.8) is 0 Å². The quantitative estimate of drug-likeness (QED) is 0.538. The van der Waals surface area contributed by atoms with Crippen LogP contribution in [0.5, 0.6) is 5.75 Å². The number of fused-ring (bicyclic) bond motifs is 3. The highest BCUT2D eigenvalue weighted by Crippen LogP contribution is 2.37. The molecular weight excluding hydrogens is 428 g/mol. The molecule has 3 aromatic rings. The minimum atomic E-state index is -0.0229. The van der Waals surface area contributed by atoms with Gasteiger partial charge in [-0.15, -0.1) is 5.10 Å². The van der Waals surface area contributed by atoms with Crippen LogP contribution in [0.1, 0.15) is 24.1 Å². The number of aromatic nitrogens is 3. The highest BCUT2D eigenvalue weighted by molar-refractivity contribution is 5.93. The van der Waals surface area contributed by atoms with Gasteiger partial charge in [0.2, 0.25) is 5.91 Å². The normalized spacial score (nSPS) is 23.8. The van der Waals surface area contributed by atoms with Crippen LogP contribution in [0, 0.1) is 11.8 Å². The molecule has 3 aliphatic rings. The van der Waals surface area contributed by atoms with Crippen molar-refractivity contribution in [3.8, 4) is 5.75 Å². The van der Waals surface area contributed by atoms with Crippen LogP contribution >= 0.6 is 0 Å². The monoisotopic (exact) mass is 460 g/mol. The Balaban J connectivity index is 1.14. The minimum Gasteiger partial charge on any atom is -0.508 e. The Kier molecular flexibility index (Phi) is 6.60. The number of piperidine rings is 3. The van der Waals surface area contributed by atoms with Gasteiger partial charge in [0.1, 0.15) is 5.75 Å².